The van der Waals surface area contributed by atoms with Gasteiger partial charge in [0.2, 0.25) is 0 Å². The van der Waals surface area contributed by atoms with Crippen molar-refractivity contribution in [3.63, 3.8) is 0 Å². The summed E-state index contributed by atoms with van der Waals surface area (Å²) in [6.45, 7) is 4.30. The van der Waals surface area contributed by atoms with Gasteiger partial charge in [-0.1, -0.05) is 18.2 Å². The quantitative estimate of drug-likeness (QED) is 0.811. The molecule has 0 spiro atoms. The summed E-state index contributed by atoms with van der Waals surface area (Å²) in [5.74, 6) is -0.447. The fourth-order valence-corrected chi connectivity index (χ4v) is 2.83. The van der Waals surface area contributed by atoms with Crippen molar-refractivity contribution >= 4 is 16.9 Å². The number of carbonyl (C=O) groups is 1. The molecule has 2 aromatic rings. The largest absolute Gasteiger partial charge is 0.462 e. The molecule has 0 amide bonds. The van der Waals surface area contributed by atoms with Gasteiger partial charge in [0.15, 0.2) is 0 Å². The second-order valence-electron chi connectivity index (χ2n) is 5.78. The summed E-state index contributed by atoms with van der Waals surface area (Å²) in [4.78, 5) is 29.2. The van der Waals surface area contributed by atoms with Gasteiger partial charge >= 0.3 is 5.97 Å². The summed E-state index contributed by atoms with van der Waals surface area (Å²) < 4.78 is 6.69. The Labute approximate surface area is 140 Å². The van der Waals surface area contributed by atoms with Crippen LogP contribution in [0.4, 0.5) is 0 Å². The number of allylic oxidation sites excluding steroid dienone is 4. The molecule has 0 unspecified atom stereocenters. The van der Waals surface area contributed by atoms with Gasteiger partial charge < -0.3 is 9.30 Å². The van der Waals surface area contributed by atoms with E-state index in [1.807, 2.05) is 6.07 Å². The number of nitrogens with zero attached hydrogens (tertiary/aromatic N) is 2. The molecule has 5 nitrogen and oxygen atoms in total. The summed E-state index contributed by atoms with van der Waals surface area (Å²) in [6.07, 6.45) is 10.1. The summed E-state index contributed by atoms with van der Waals surface area (Å²) in [6, 6.07) is 3.41. The zero-order valence-electron chi connectivity index (χ0n) is 13.9. The minimum Gasteiger partial charge on any atom is -0.462 e. The molecule has 0 bridgehead atoms. The van der Waals surface area contributed by atoms with Crippen LogP contribution >= 0.6 is 0 Å². The van der Waals surface area contributed by atoms with Gasteiger partial charge in [-0.15, -0.1) is 0 Å². The van der Waals surface area contributed by atoms with Crippen molar-refractivity contribution in [3.8, 4) is 0 Å². The first-order valence-corrected chi connectivity index (χ1v) is 8.13. The fraction of sp³-hybridized carbons (Fsp3) is 0.316. The van der Waals surface area contributed by atoms with E-state index in [-0.39, 0.29) is 12.2 Å². The van der Waals surface area contributed by atoms with E-state index in [0.717, 1.165) is 18.4 Å². The van der Waals surface area contributed by atoms with Crippen LogP contribution in [0.25, 0.3) is 10.9 Å². The van der Waals surface area contributed by atoms with Crippen molar-refractivity contribution in [1.29, 1.82) is 0 Å². The Morgan fingerprint density at radius 3 is 2.92 bits per heavy atom. The van der Waals surface area contributed by atoms with E-state index in [4.69, 9.17) is 4.74 Å². The molecule has 1 aliphatic rings. The minimum absolute atomic E-state index is 0.148. The van der Waals surface area contributed by atoms with Gasteiger partial charge in [0.1, 0.15) is 0 Å². The molecule has 0 aliphatic heterocycles. The highest BCUT2D eigenvalue weighted by atomic mass is 16.5. The average molecular weight is 324 g/mol. The number of fused-ring (bicyclic) bond motifs is 1. The van der Waals surface area contributed by atoms with E-state index in [0.29, 0.717) is 28.7 Å². The van der Waals surface area contributed by atoms with Gasteiger partial charge in [-0.2, -0.15) is 0 Å². The number of carbonyl (C=O) groups excluding carboxylic acids is 1. The lowest BCUT2D eigenvalue weighted by Crippen LogP contribution is -2.21. The topological polar surface area (TPSA) is 61.2 Å². The maximum Gasteiger partial charge on any atom is 0.339 e. The van der Waals surface area contributed by atoms with Gasteiger partial charge in [-0.05, 0) is 44.4 Å². The number of hydrogen-bond acceptors (Lipinski definition) is 4. The molecule has 0 aromatic carbocycles. The number of aryl methyl sites for hydroxylation is 1. The monoisotopic (exact) mass is 324 g/mol. The number of ether oxygens (including phenoxy) is 1. The smallest absolute Gasteiger partial charge is 0.339 e. The van der Waals surface area contributed by atoms with Crippen LogP contribution in [0.15, 0.2) is 46.9 Å². The SMILES string of the molecule is CCOC(=O)c1cc2c(=O)n(CC3=CCCC=C3)ccc2nc1C. The first-order chi connectivity index (χ1) is 11.6. The van der Waals surface area contributed by atoms with Crippen molar-refractivity contribution in [2.24, 2.45) is 0 Å². The van der Waals surface area contributed by atoms with Crippen molar-refractivity contribution < 1.29 is 9.53 Å². The molecule has 124 valence electrons. The molecule has 0 atom stereocenters. The third-order valence-electron chi connectivity index (χ3n) is 4.07. The molecular formula is C19H20N2O3. The van der Waals surface area contributed by atoms with E-state index in [2.05, 4.69) is 23.2 Å². The van der Waals surface area contributed by atoms with Crippen LogP contribution in [0.3, 0.4) is 0 Å². The summed E-state index contributed by atoms with van der Waals surface area (Å²) >= 11 is 0. The maximum absolute atomic E-state index is 12.8. The Bertz CT molecular complexity index is 907. The third kappa shape index (κ3) is 3.15. The second kappa shape index (κ2) is 6.83. The highest BCUT2D eigenvalue weighted by Crippen LogP contribution is 2.16. The Balaban J connectivity index is 2.05. The molecule has 2 aromatic heterocycles. The van der Waals surface area contributed by atoms with Crippen molar-refractivity contribution in [2.45, 2.75) is 33.2 Å². The summed E-state index contributed by atoms with van der Waals surface area (Å²) in [7, 11) is 0. The number of pyridine rings is 2. The lowest BCUT2D eigenvalue weighted by Gasteiger charge is -2.11. The van der Waals surface area contributed by atoms with Crippen LogP contribution in [0.2, 0.25) is 0 Å². The number of hydrogen-bond donors (Lipinski definition) is 0. The van der Waals surface area contributed by atoms with Crippen molar-refractivity contribution in [2.75, 3.05) is 6.61 Å². The molecular weight excluding hydrogens is 304 g/mol. The first-order valence-electron chi connectivity index (χ1n) is 8.13. The Kier molecular flexibility index (Phi) is 4.60. The molecule has 0 N–H and O–H groups in total. The van der Waals surface area contributed by atoms with E-state index in [1.54, 1.807) is 30.7 Å². The lowest BCUT2D eigenvalue weighted by atomic mass is 10.1. The van der Waals surface area contributed by atoms with E-state index >= 15 is 0 Å². The van der Waals surface area contributed by atoms with Crippen LogP contribution in [0, 0.1) is 6.92 Å². The maximum atomic E-state index is 12.8. The standard InChI is InChI=1S/C19H20N2O3/c1-3-24-19(23)15-11-16-17(20-13(15)2)9-10-21(18(16)22)12-14-7-5-4-6-8-14/h5,7-11H,3-4,6,12H2,1-2H3. The van der Waals surface area contributed by atoms with Gasteiger partial charge in [0.25, 0.3) is 5.56 Å². The van der Waals surface area contributed by atoms with Crippen LogP contribution in [-0.4, -0.2) is 22.1 Å². The second-order valence-corrected chi connectivity index (χ2v) is 5.78. The molecule has 0 fully saturated rings. The molecule has 1 aliphatic carbocycles. The van der Waals surface area contributed by atoms with Crippen LogP contribution in [0.1, 0.15) is 35.8 Å². The zero-order chi connectivity index (χ0) is 17.1. The zero-order valence-corrected chi connectivity index (χ0v) is 13.9. The van der Waals surface area contributed by atoms with E-state index < -0.39 is 5.97 Å². The third-order valence-corrected chi connectivity index (χ3v) is 4.07. The number of esters is 1. The molecule has 0 radical (unpaired) electrons. The first kappa shape index (κ1) is 16.2. The van der Waals surface area contributed by atoms with E-state index in [9.17, 15) is 9.59 Å². The van der Waals surface area contributed by atoms with Crippen LogP contribution in [-0.2, 0) is 11.3 Å². The normalized spacial score (nSPS) is 13.8. The Hall–Kier alpha value is -2.69. The van der Waals surface area contributed by atoms with Crippen LogP contribution < -0.4 is 5.56 Å². The van der Waals surface area contributed by atoms with Gasteiger partial charge in [-0.25, -0.2) is 4.79 Å². The highest BCUT2D eigenvalue weighted by Gasteiger charge is 2.15. The molecule has 0 saturated heterocycles. The number of aromatic nitrogens is 2. The van der Waals surface area contributed by atoms with Gasteiger partial charge in [-0.3, -0.25) is 9.78 Å². The molecule has 0 saturated carbocycles. The number of rotatable bonds is 4. The molecule has 2 heterocycles. The molecule has 24 heavy (non-hydrogen) atoms. The van der Waals surface area contributed by atoms with Gasteiger partial charge in [0, 0.05) is 6.20 Å². The Morgan fingerprint density at radius 1 is 1.38 bits per heavy atom. The highest BCUT2D eigenvalue weighted by molar-refractivity contribution is 5.94. The average Bonchev–Trinajstić information content (AvgIpc) is 2.58. The predicted molar refractivity (Wildman–Crippen MR) is 93.2 cm³/mol. The minimum atomic E-state index is -0.447. The molecule has 3 rings (SSSR count). The Morgan fingerprint density at radius 2 is 2.21 bits per heavy atom. The fourth-order valence-electron chi connectivity index (χ4n) is 2.83. The molecule has 5 heteroatoms. The van der Waals surface area contributed by atoms with Crippen molar-refractivity contribution in [1.82, 2.24) is 9.55 Å². The summed E-state index contributed by atoms with van der Waals surface area (Å²) in [5, 5.41) is 0.437. The van der Waals surface area contributed by atoms with Crippen LogP contribution in [0.5, 0.6) is 0 Å². The lowest BCUT2D eigenvalue weighted by molar-refractivity contribution is 0.0525. The van der Waals surface area contributed by atoms with Gasteiger partial charge in [0.05, 0.1) is 35.3 Å². The van der Waals surface area contributed by atoms with E-state index in [1.165, 1.54) is 0 Å². The summed E-state index contributed by atoms with van der Waals surface area (Å²) in [5.41, 5.74) is 2.47. The van der Waals surface area contributed by atoms with Crippen molar-refractivity contribution in [3.05, 3.63) is 63.7 Å². The predicted octanol–water partition coefficient (Wildman–Crippen LogP) is 3.16.